The molecule has 0 radical (unpaired) electrons. The topological polar surface area (TPSA) is 52.3 Å². The smallest absolute Gasteiger partial charge is 0.254 e. The van der Waals surface area contributed by atoms with Gasteiger partial charge in [0.1, 0.15) is 0 Å². The molecule has 0 aliphatic carbocycles. The third kappa shape index (κ3) is 0.738. The summed E-state index contributed by atoms with van der Waals surface area (Å²) in [4.78, 5) is 11.4. The molecule has 0 aromatic heterocycles. The molecule has 1 amide bonds. The Hall–Kier alpha value is -1.35. The van der Waals surface area contributed by atoms with Crippen molar-refractivity contribution >= 4 is 5.91 Å². The minimum atomic E-state index is -0.818. The van der Waals surface area contributed by atoms with Gasteiger partial charge in [-0.25, -0.2) is 0 Å². The van der Waals surface area contributed by atoms with Gasteiger partial charge in [0.05, 0.1) is 6.10 Å². The van der Waals surface area contributed by atoms with Crippen molar-refractivity contribution in [3.05, 3.63) is 35.4 Å². The van der Waals surface area contributed by atoms with Gasteiger partial charge in [-0.2, -0.15) is 0 Å². The van der Waals surface area contributed by atoms with Crippen molar-refractivity contribution in [3.63, 3.8) is 0 Å². The molecule has 2 heterocycles. The van der Waals surface area contributed by atoms with Gasteiger partial charge in [0.25, 0.3) is 5.91 Å². The molecule has 2 bridgehead atoms. The van der Waals surface area contributed by atoms with E-state index in [-0.39, 0.29) is 12.0 Å². The maximum Gasteiger partial charge on any atom is 0.254 e. The van der Waals surface area contributed by atoms with Gasteiger partial charge in [0, 0.05) is 0 Å². The first kappa shape index (κ1) is 8.00. The number of nitrogens with two attached hydrogens (primary N) is 1. The molecule has 2 aliphatic rings. The van der Waals surface area contributed by atoms with Crippen molar-refractivity contribution in [1.82, 2.24) is 0 Å². The van der Waals surface area contributed by atoms with E-state index in [9.17, 15) is 4.79 Å². The van der Waals surface area contributed by atoms with Crippen LogP contribution in [0.15, 0.2) is 24.3 Å². The van der Waals surface area contributed by atoms with Crippen molar-refractivity contribution in [1.29, 1.82) is 0 Å². The van der Waals surface area contributed by atoms with Crippen LogP contribution in [0.2, 0.25) is 0 Å². The first-order valence-corrected chi connectivity index (χ1v) is 4.81. The number of hydrogen-bond donors (Lipinski definition) is 1. The summed E-state index contributed by atoms with van der Waals surface area (Å²) in [7, 11) is 0. The summed E-state index contributed by atoms with van der Waals surface area (Å²) in [6.07, 6.45) is 1.71. The highest BCUT2D eigenvalue weighted by atomic mass is 16.5. The third-order valence-electron chi connectivity index (χ3n) is 3.24. The molecule has 1 aromatic carbocycles. The molecular weight excluding hydrogens is 178 g/mol. The van der Waals surface area contributed by atoms with Crippen LogP contribution in [0, 0.1) is 0 Å². The highest BCUT2D eigenvalue weighted by Crippen LogP contribution is 2.54. The molecule has 1 aromatic rings. The minimum Gasteiger partial charge on any atom is -0.367 e. The predicted octanol–water partition coefficient (Wildman–Crippen LogP) is 1.23. The summed E-state index contributed by atoms with van der Waals surface area (Å²) in [5.74, 6) is -0.357. The van der Waals surface area contributed by atoms with E-state index in [0.29, 0.717) is 0 Å². The molecular formula is C11H11NO2. The second kappa shape index (κ2) is 2.36. The van der Waals surface area contributed by atoms with Crippen LogP contribution in [-0.4, -0.2) is 5.91 Å². The summed E-state index contributed by atoms with van der Waals surface area (Å²) in [6.45, 7) is 0. The van der Waals surface area contributed by atoms with E-state index >= 15 is 0 Å². The second-order valence-electron chi connectivity index (χ2n) is 3.92. The normalized spacial score (nSPS) is 33.0. The van der Waals surface area contributed by atoms with E-state index in [4.69, 9.17) is 10.5 Å². The fourth-order valence-electron chi connectivity index (χ4n) is 2.57. The standard InChI is InChI=1S/C11H11NO2/c12-10(13)11-6-5-9(14-11)7-3-1-2-4-8(7)11/h1-4,9H,5-6H2,(H2,12,13)/t9-,11+/m0/s1. The number of fused-ring (bicyclic) bond motifs is 5. The molecule has 2 N–H and O–H groups in total. The van der Waals surface area contributed by atoms with Gasteiger partial charge in [0.15, 0.2) is 5.60 Å². The van der Waals surface area contributed by atoms with Crippen LogP contribution in [0.5, 0.6) is 0 Å². The largest absolute Gasteiger partial charge is 0.367 e. The molecule has 0 unspecified atom stereocenters. The fourth-order valence-corrected chi connectivity index (χ4v) is 2.57. The zero-order valence-electron chi connectivity index (χ0n) is 7.69. The van der Waals surface area contributed by atoms with Gasteiger partial charge in [-0.05, 0) is 24.0 Å². The summed E-state index contributed by atoms with van der Waals surface area (Å²) < 4.78 is 5.72. The molecule has 3 rings (SSSR count). The van der Waals surface area contributed by atoms with Crippen LogP contribution in [0.25, 0.3) is 0 Å². The van der Waals surface area contributed by atoms with Gasteiger partial charge in [-0.1, -0.05) is 24.3 Å². The lowest BCUT2D eigenvalue weighted by Gasteiger charge is -2.22. The highest BCUT2D eigenvalue weighted by molar-refractivity contribution is 5.87. The molecule has 3 heteroatoms. The van der Waals surface area contributed by atoms with Crippen LogP contribution in [0.1, 0.15) is 30.1 Å². The Labute approximate surface area is 81.9 Å². The van der Waals surface area contributed by atoms with Crippen molar-refractivity contribution in [2.45, 2.75) is 24.5 Å². The zero-order chi connectivity index (χ0) is 9.76. The quantitative estimate of drug-likeness (QED) is 0.722. The number of carbonyl (C=O) groups excluding carboxylic acids is 1. The van der Waals surface area contributed by atoms with Gasteiger partial charge in [-0.3, -0.25) is 4.79 Å². The Balaban J connectivity index is 2.24. The lowest BCUT2D eigenvalue weighted by atomic mass is 9.82. The number of primary amides is 1. The number of rotatable bonds is 1. The Morgan fingerprint density at radius 2 is 2.29 bits per heavy atom. The molecule has 1 fully saturated rings. The Morgan fingerprint density at radius 1 is 1.50 bits per heavy atom. The summed E-state index contributed by atoms with van der Waals surface area (Å²) >= 11 is 0. The van der Waals surface area contributed by atoms with Crippen LogP contribution in [0.4, 0.5) is 0 Å². The first-order chi connectivity index (χ1) is 6.74. The first-order valence-electron chi connectivity index (χ1n) is 4.81. The Bertz CT molecular complexity index is 416. The van der Waals surface area contributed by atoms with Gasteiger partial charge < -0.3 is 10.5 Å². The van der Waals surface area contributed by atoms with Gasteiger partial charge in [-0.15, -0.1) is 0 Å². The average Bonchev–Trinajstić information content (AvgIpc) is 2.75. The molecule has 2 atom stereocenters. The van der Waals surface area contributed by atoms with Crippen molar-refractivity contribution in [2.24, 2.45) is 5.73 Å². The lowest BCUT2D eigenvalue weighted by Crippen LogP contribution is -2.39. The van der Waals surface area contributed by atoms with Crippen LogP contribution >= 0.6 is 0 Å². The van der Waals surface area contributed by atoms with E-state index in [1.165, 1.54) is 0 Å². The van der Waals surface area contributed by atoms with E-state index in [2.05, 4.69) is 0 Å². The number of benzene rings is 1. The van der Waals surface area contributed by atoms with Crippen molar-refractivity contribution < 1.29 is 9.53 Å². The maximum absolute atomic E-state index is 11.4. The minimum absolute atomic E-state index is 0.0821. The van der Waals surface area contributed by atoms with Crippen LogP contribution in [0.3, 0.4) is 0 Å². The number of carbonyl (C=O) groups is 1. The number of amides is 1. The lowest BCUT2D eigenvalue weighted by molar-refractivity contribution is -0.140. The molecule has 14 heavy (non-hydrogen) atoms. The average molecular weight is 189 g/mol. The Morgan fingerprint density at radius 3 is 3.07 bits per heavy atom. The van der Waals surface area contributed by atoms with Crippen LogP contribution < -0.4 is 5.73 Å². The van der Waals surface area contributed by atoms with E-state index in [1.807, 2.05) is 24.3 Å². The van der Waals surface area contributed by atoms with E-state index in [0.717, 1.165) is 24.0 Å². The van der Waals surface area contributed by atoms with Crippen molar-refractivity contribution in [3.8, 4) is 0 Å². The number of ether oxygens (including phenoxy) is 1. The predicted molar refractivity (Wildman–Crippen MR) is 50.4 cm³/mol. The molecule has 72 valence electrons. The second-order valence-corrected chi connectivity index (χ2v) is 3.92. The molecule has 2 aliphatic heterocycles. The van der Waals surface area contributed by atoms with Gasteiger partial charge >= 0.3 is 0 Å². The summed E-state index contributed by atoms with van der Waals surface area (Å²) in [5, 5.41) is 0. The van der Waals surface area contributed by atoms with Gasteiger partial charge in [0.2, 0.25) is 0 Å². The van der Waals surface area contributed by atoms with Crippen molar-refractivity contribution in [2.75, 3.05) is 0 Å². The SMILES string of the molecule is NC(=O)[C@]12CC[C@H](O1)c1ccccc12. The number of hydrogen-bond acceptors (Lipinski definition) is 2. The monoisotopic (exact) mass is 189 g/mol. The van der Waals surface area contributed by atoms with E-state index in [1.54, 1.807) is 0 Å². The summed E-state index contributed by atoms with van der Waals surface area (Å²) in [6, 6.07) is 7.86. The third-order valence-corrected chi connectivity index (χ3v) is 3.24. The fraction of sp³-hybridized carbons (Fsp3) is 0.364. The summed E-state index contributed by atoms with van der Waals surface area (Å²) in [5.41, 5.74) is 6.71. The highest BCUT2D eigenvalue weighted by Gasteiger charge is 2.54. The molecule has 0 saturated carbocycles. The van der Waals surface area contributed by atoms with Crippen LogP contribution in [-0.2, 0) is 15.1 Å². The zero-order valence-corrected chi connectivity index (χ0v) is 7.69. The molecule has 3 nitrogen and oxygen atoms in total. The Kier molecular flexibility index (Phi) is 1.35. The van der Waals surface area contributed by atoms with E-state index < -0.39 is 5.60 Å². The molecule has 1 saturated heterocycles. The maximum atomic E-state index is 11.4. The molecule has 0 spiro atoms.